The molecule has 1 aromatic carbocycles. The second kappa shape index (κ2) is 8.84. The minimum absolute atomic E-state index is 0.0388. The quantitative estimate of drug-likeness (QED) is 0.589. The smallest absolute Gasteiger partial charge is 0.191 e. The predicted octanol–water partition coefficient (Wildman–Crippen LogP) is 5.38. The number of rotatable bonds is 8. The molecule has 0 radical (unpaired) electrons. The summed E-state index contributed by atoms with van der Waals surface area (Å²) in [6.07, 6.45) is 4.25. The van der Waals surface area contributed by atoms with Crippen molar-refractivity contribution < 1.29 is 13.9 Å². The van der Waals surface area contributed by atoms with Gasteiger partial charge in [0.2, 0.25) is 0 Å². The highest BCUT2D eigenvalue weighted by molar-refractivity contribution is 6.74. The van der Waals surface area contributed by atoms with Crippen LogP contribution in [0.4, 0.5) is 0 Å². The molecule has 0 aliphatic heterocycles. The Morgan fingerprint density at radius 3 is 2.12 bits per heavy atom. The van der Waals surface area contributed by atoms with Gasteiger partial charge in [-0.2, -0.15) is 0 Å². The highest BCUT2D eigenvalue weighted by Gasteiger charge is 2.37. The van der Waals surface area contributed by atoms with Crippen LogP contribution in [0.2, 0.25) is 18.1 Å². The molecular formula is C20H34O3Si. The Balaban J connectivity index is 2.66. The molecule has 0 amide bonds. The largest absolute Gasteiger partial charge is 0.497 e. The van der Waals surface area contributed by atoms with Crippen LogP contribution in [0.5, 0.6) is 5.75 Å². The summed E-state index contributed by atoms with van der Waals surface area (Å²) >= 11 is 0. The molecule has 136 valence electrons. The van der Waals surface area contributed by atoms with Gasteiger partial charge in [0, 0.05) is 19.6 Å². The molecule has 3 nitrogen and oxygen atoms in total. The summed E-state index contributed by atoms with van der Waals surface area (Å²) < 4.78 is 17.2. The summed E-state index contributed by atoms with van der Waals surface area (Å²) in [6, 6.07) is 8.01. The van der Waals surface area contributed by atoms with E-state index < -0.39 is 8.32 Å². The molecule has 0 N–H and O–H groups in total. The molecule has 2 atom stereocenters. The number of hydrogen-bond donors (Lipinski definition) is 0. The zero-order valence-electron chi connectivity index (χ0n) is 16.6. The first-order chi connectivity index (χ1) is 11.1. The van der Waals surface area contributed by atoms with E-state index in [1.54, 1.807) is 14.2 Å². The van der Waals surface area contributed by atoms with Gasteiger partial charge in [0.15, 0.2) is 8.32 Å². The van der Waals surface area contributed by atoms with Gasteiger partial charge in [0.1, 0.15) is 5.75 Å². The molecular weight excluding hydrogens is 316 g/mol. The Morgan fingerprint density at radius 2 is 1.67 bits per heavy atom. The van der Waals surface area contributed by atoms with Crippen LogP contribution in [0.25, 0.3) is 6.08 Å². The molecule has 4 heteroatoms. The first kappa shape index (κ1) is 20.9. The zero-order valence-corrected chi connectivity index (χ0v) is 17.6. The van der Waals surface area contributed by atoms with Gasteiger partial charge in [-0.05, 0) is 35.8 Å². The maximum atomic E-state index is 6.33. The van der Waals surface area contributed by atoms with E-state index in [0.29, 0.717) is 5.92 Å². The van der Waals surface area contributed by atoms with Crippen molar-refractivity contribution in [2.45, 2.75) is 51.9 Å². The molecule has 0 aromatic heterocycles. The molecule has 0 bridgehead atoms. The molecule has 0 spiro atoms. The van der Waals surface area contributed by atoms with Gasteiger partial charge in [-0.3, -0.25) is 0 Å². The molecule has 0 heterocycles. The Hall–Kier alpha value is -1.10. The van der Waals surface area contributed by atoms with Crippen molar-refractivity contribution in [2.75, 3.05) is 20.8 Å². The molecule has 1 aromatic rings. The molecule has 0 saturated heterocycles. The van der Waals surface area contributed by atoms with Crippen molar-refractivity contribution in [2.24, 2.45) is 5.92 Å². The third-order valence-corrected chi connectivity index (χ3v) is 9.44. The lowest BCUT2D eigenvalue weighted by molar-refractivity contribution is 0.0697. The first-order valence-corrected chi connectivity index (χ1v) is 11.5. The van der Waals surface area contributed by atoms with Crippen LogP contribution in [0.15, 0.2) is 30.3 Å². The highest BCUT2D eigenvalue weighted by Crippen LogP contribution is 2.37. The molecule has 0 unspecified atom stereocenters. The maximum absolute atomic E-state index is 6.33. The van der Waals surface area contributed by atoms with Gasteiger partial charge >= 0.3 is 0 Å². The lowest BCUT2D eigenvalue weighted by Crippen LogP contribution is -2.42. The maximum Gasteiger partial charge on any atom is 0.191 e. The van der Waals surface area contributed by atoms with E-state index in [1.165, 1.54) is 0 Å². The Labute approximate surface area is 149 Å². The van der Waals surface area contributed by atoms with Crippen LogP contribution in [-0.2, 0) is 9.16 Å². The van der Waals surface area contributed by atoms with Crippen LogP contribution in [0.1, 0.15) is 33.3 Å². The van der Waals surface area contributed by atoms with Crippen molar-refractivity contribution in [3.05, 3.63) is 35.9 Å². The predicted molar refractivity (Wildman–Crippen MR) is 105 cm³/mol. The van der Waals surface area contributed by atoms with Gasteiger partial charge < -0.3 is 13.9 Å². The van der Waals surface area contributed by atoms with E-state index in [1.807, 2.05) is 24.3 Å². The van der Waals surface area contributed by atoms with Crippen LogP contribution in [-0.4, -0.2) is 35.2 Å². The van der Waals surface area contributed by atoms with Gasteiger partial charge in [0.05, 0.1) is 13.2 Å². The number of methoxy groups -OCH3 is 2. The molecule has 0 saturated carbocycles. The summed E-state index contributed by atoms with van der Waals surface area (Å²) in [5.41, 5.74) is 1.13. The molecule has 0 aliphatic carbocycles. The molecule has 1 rings (SSSR count). The summed E-state index contributed by atoms with van der Waals surface area (Å²) in [6.45, 7) is 14.3. The van der Waals surface area contributed by atoms with E-state index in [0.717, 1.165) is 17.9 Å². The topological polar surface area (TPSA) is 27.7 Å². The van der Waals surface area contributed by atoms with Gasteiger partial charge in [-0.15, -0.1) is 0 Å². The third-order valence-electron chi connectivity index (χ3n) is 4.94. The van der Waals surface area contributed by atoms with Crippen molar-refractivity contribution in [3.8, 4) is 5.75 Å². The monoisotopic (exact) mass is 350 g/mol. The lowest BCUT2D eigenvalue weighted by Gasteiger charge is -2.37. The number of benzene rings is 1. The van der Waals surface area contributed by atoms with E-state index in [2.05, 4.69) is 52.9 Å². The summed E-state index contributed by atoms with van der Waals surface area (Å²) in [5.74, 6) is 1.17. The summed E-state index contributed by atoms with van der Waals surface area (Å²) in [5, 5.41) is 0.230. The van der Waals surface area contributed by atoms with Crippen molar-refractivity contribution in [1.29, 1.82) is 0 Å². The fourth-order valence-corrected chi connectivity index (χ4v) is 3.19. The van der Waals surface area contributed by atoms with Crippen molar-refractivity contribution in [1.82, 2.24) is 0 Å². The molecule has 0 fully saturated rings. The number of hydrogen-bond acceptors (Lipinski definition) is 3. The van der Waals surface area contributed by atoms with Gasteiger partial charge in [-0.25, -0.2) is 0 Å². The van der Waals surface area contributed by atoms with E-state index in [-0.39, 0.29) is 11.1 Å². The van der Waals surface area contributed by atoms with Gasteiger partial charge in [0.25, 0.3) is 0 Å². The minimum atomic E-state index is -1.72. The zero-order chi connectivity index (χ0) is 18.4. The van der Waals surface area contributed by atoms with Crippen LogP contribution in [0.3, 0.4) is 0 Å². The van der Waals surface area contributed by atoms with E-state index >= 15 is 0 Å². The Bertz CT molecular complexity index is 515. The summed E-state index contributed by atoms with van der Waals surface area (Å²) in [7, 11) is 1.71. The third kappa shape index (κ3) is 6.08. The van der Waals surface area contributed by atoms with Crippen LogP contribution >= 0.6 is 0 Å². The fraction of sp³-hybridized carbons (Fsp3) is 0.600. The minimum Gasteiger partial charge on any atom is -0.497 e. The SMILES string of the molecule is COc1ccc(/C=C/[C@@H](OC)[C@H](C)CO[Si](C)(C)C(C)(C)C)cc1. The number of ether oxygens (including phenoxy) is 2. The average molecular weight is 351 g/mol. The van der Waals surface area contributed by atoms with Crippen molar-refractivity contribution in [3.63, 3.8) is 0 Å². The molecule has 0 aliphatic rings. The second-order valence-corrected chi connectivity index (χ2v) is 12.7. The highest BCUT2D eigenvalue weighted by atomic mass is 28.4. The Morgan fingerprint density at radius 1 is 1.08 bits per heavy atom. The normalized spacial score (nSPS) is 15.5. The van der Waals surface area contributed by atoms with E-state index in [4.69, 9.17) is 13.9 Å². The van der Waals surface area contributed by atoms with Crippen LogP contribution < -0.4 is 4.74 Å². The second-order valence-electron chi connectivity index (χ2n) is 7.88. The summed E-state index contributed by atoms with van der Waals surface area (Å²) in [4.78, 5) is 0. The van der Waals surface area contributed by atoms with Crippen molar-refractivity contribution >= 4 is 14.4 Å². The van der Waals surface area contributed by atoms with Crippen LogP contribution in [0, 0.1) is 5.92 Å². The lowest BCUT2D eigenvalue weighted by atomic mass is 10.0. The average Bonchev–Trinajstić information content (AvgIpc) is 2.53. The van der Waals surface area contributed by atoms with E-state index in [9.17, 15) is 0 Å². The molecule has 24 heavy (non-hydrogen) atoms. The van der Waals surface area contributed by atoms with Gasteiger partial charge in [-0.1, -0.05) is 52.0 Å². The fourth-order valence-electron chi connectivity index (χ4n) is 2.07. The standard InChI is InChI=1S/C20H34O3Si/c1-16(15-23-24(7,8)20(2,3)4)19(22-6)14-11-17-9-12-18(21-5)13-10-17/h9-14,16,19H,15H2,1-8H3/b14-11+/t16-,19-/m1/s1. The first-order valence-electron chi connectivity index (χ1n) is 8.59. The Kier molecular flexibility index (Phi) is 7.71.